The van der Waals surface area contributed by atoms with Gasteiger partial charge in [-0.3, -0.25) is 0 Å². The van der Waals surface area contributed by atoms with Crippen LogP contribution in [0.25, 0.3) is 46.4 Å². The molecule has 5 rings (SSSR count). The van der Waals surface area contributed by atoms with Crippen LogP contribution in [-0.2, 0) is 12.8 Å². The van der Waals surface area contributed by atoms with Gasteiger partial charge in [-0.25, -0.2) is 9.97 Å². The lowest BCUT2D eigenvalue weighted by Crippen LogP contribution is -1.96. The van der Waals surface area contributed by atoms with Crippen LogP contribution in [0.2, 0.25) is 0 Å². The summed E-state index contributed by atoms with van der Waals surface area (Å²) in [7, 11) is 0. The highest BCUT2D eigenvalue weighted by Crippen LogP contribution is 2.27. The van der Waals surface area contributed by atoms with Crippen LogP contribution in [0, 0.1) is 0 Å². The SMILES string of the molecule is CCCCCCc1c2nc(cc3ccc(cc4ccc([nH]4)c(CCCCCC)c4nc1C=C4)[nH]3)C=C2. The van der Waals surface area contributed by atoms with E-state index in [0.29, 0.717) is 0 Å². The first-order chi connectivity index (χ1) is 17.7. The van der Waals surface area contributed by atoms with Crippen LogP contribution in [0.3, 0.4) is 0 Å². The second kappa shape index (κ2) is 11.6. The summed E-state index contributed by atoms with van der Waals surface area (Å²) in [4.78, 5) is 17.4. The molecule has 36 heavy (non-hydrogen) atoms. The average Bonchev–Trinajstić information content (AvgIpc) is 3.68. The molecule has 0 atom stereocenters. The molecule has 0 radical (unpaired) electrons. The molecule has 0 aromatic carbocycles. The van der Waals surface area contributed by atoms with Gasteiger partial charge >= 0.3 is 0 Å². The highest BCUT2D eigenvalue weighted by atomic mass is 14.8. The summed E-state index contributed by atoms with van der Waals surface area (Å²) < 4.78 is 0. The largest absolute Gasteiger partial charge is 0.355 e. The first-order valence-electron chi connectivity index (χ1n) is 13.8. The quantitative estimate of drug-likeness (QED) is 0.197. The van der Waals surface area contributed by atoms with Crippen LogP contribution in [0.4, 0.5) is 0 Å². The first-order valence-corrected chi connectivity index (χ1v) is 13.8. The fourth-order valence-electron chi connectivity index (χ4n) is 5.17. The summed E-state index contributed by atoms with van der Waals surface area (Å²) in [6, 6.07) is 12.9. The molecule has 0 saturated carbocycles. The lowest BCUT2D eigenvalue weighted by Gasteiger charge is -2.05. The minimum atomic E-state index is 0.980. The maximum Gasteiger partial charge on any atom is 0.0691 e. The highest BCUT2D eigenvalue weighted by Gasteiger charge is 2.14. The summed E-state index contributed by atoms with van der Waals surface area (Å²) in [6.45, 7) is 4.53. The van der Waals surface area contributed by atoms with Gasteiger partial charge in [0.15, 0.2) is 0 Å². The van der Waals surface area contributed by atoms with Crippen LogP contribution in [0.15, 0.2) is 36.4 Å². The molecule has 186 valence electrons. The number of hydrogen-bond acceptors (Lipinski definition) is 2. The number of hydrogen-bond donors (Lipinski definition) is 2. The monoisotopic (exact) mass is 478 g/mol. The zero-order valence-electron chi connectivity index (χ0n) is 21.7. The molecule has 4 heteroatoms. The van der Waals surface area contributed by atoms with E-state index in [1.54, 1.807) is 0 Å². The van der Waals surface area contributed by atoms with E-state index < -0.39 is 0 Å². The Kier molecular flexibility index (Phi) is 7.80. The normalized spacial score (nSPS) is 12.5. The zero-order chi connectivity index (χ0) is 24.7. The molecule has 0 saturated heterocycles. The smallest absolute Gasteiger partial charge is 0.0691 e. The summed E-state index contributed by atoms with van der Waals surface area (Å²) in [6.07, 6.45) is 20.6. The van der Waals surface area contributed by atoms with Gasteiger partial charge in [-0.15, -0.1) is 0 Å². The van der Waals surface area contributed by atoms with Crippen molar-refractivity contribution in [2.24, 2.45) is 0 Å². The van der Waals surface area contributed by atoms with Gasteiger partial charge in [-0.1, -0.05) is 52.4 Å². The first kappa shape index (κ1) is 24.3. The van der Waals surface area contributed by atoms with Gasteiger partial charge in [-0.05, 0) is 86.4 Å². The van der Waals surface area contributed by atoms with Gasteiger partial charge in [-0.2, -0.15) is 0 Å². The average molecular weight is 479 g/mol. The molecular weight excluding hydrogens is 440 g/mol. The number of unbranched alkanes of at least 4 members (excludes halogenated alkanes) is 6. The third kappa shape index (κ3) is 5.70. The second-order valence-electron chi connectivity index (χ2n) is 10.0. The lowest BCUT2D eigenvalue weighted by atomic mass is 10.0. The third-order valence-electron chi connectivity index (χ3n) is 7.17. The Labute approximate surface area is 214 Å². The molecule has 0 fully saturated rings. The molecule has 3 aromatic heterocycles. The molecule has 5 heterocycles. The number of aryl methyl sites for hydroxylation is 1. The number of nitrogens with one attached hydrogen (secondary N) is 2. The van der Waals surface area contributed by atoms with E-state index in [4.69, 9.17) is 9.97 Å². The molecule has 2 aliphatic heterocycles. The van der Waals surface area contributed by atoms with Crippen molar-refractivity contribution < 1.29 is 0 Å². The molecule has 4 nitrogen and oxygen atoms in total. The molecule has 8 bridgehead atoms. The number of H-pyrrole nitrogens is 2. The molecule has 2 N–H and O–H groups in total. The van der Waals surface area contributed by atoms with E-state index in [1.165, 1.54) is 68.0 Å². The van der Waals surface area contributed by atoms with Crippen molar-refractivity contribution in [2.75, 3.05) is 0 Å². The maximum absolute atomic E-state index is 5.22. The van der Waals surface area contributed by atoms with E-state index in [1.807, 2.05) is 0 Å². The lowest BCUT2D eigenvalue weighted by molar-refractivity contribution is 0.664. The zero-order valence-corrected chi connectivity index (χ0v) is 21.7. The Morgan fingerprint density at radius 1 is 0.556 bits per heavy atom. The summed E-state index contributed by atoms with van der Waals surface area (Å²) in [5.41, 5.74) is 11.2. The van der Waals surface area contributed by atoms with Crippen molar-refractivity contribution in [3.63, 3.8) is 0 Å². The number of aromatic nitrogens is 4. The van der Waals surface area contributed by atoms with Crippen LogP contribution in [0.5, 0.6) is 0 Å². The number of nitrogens with zero attached hydrogens (tertiary/aromatic N) is 2. The fourth-order valence-corrected chi connectivity index (χ4v) is 5.17. The number of rotatable bonds is 10. The Bertz CT molecular complexity index is 1420. The van der Waals surface area contributed by atoms with Crippen molar-refractivity contribution >= 4 is 46.4 Å². The fraction of sp³-hybridized carbons (Fsp3) is 0.375. The predicted octanol–water partition coefficient (Wildman–Crippen LogP) is 8.90. The minimum Gasteiger partial charge on any atom is -0.355 e. The second-order valence-corrected chi connectivity index (χ2v) is 10.0. The van der Waals surface area contributed by atoms with E-state index in [-0.39, 0.29) is 0 Å². The molecule has 0 unspecified atom stereocenters. The van der Waals surface area contributed by atoms with E-state index in [9.17, 15) is 0 Å². The van der Waals surface area contributed by atoms with E-state index >= 15 is 0 Å². The predicted molar refractivity (Wildman–Crippen MR) is 155 cm³/mol. The van der Waals surface area contributed by atoms with Crippen molar-refractivity contribution in [3.05, 3.63) is 70.3 Å². The minimum absolute atomic E-state index is 0.980. The van der Waals surface area contributed by atoms with Crippen LogP contribution >= 0.6 is 0 Å². The van der Waals surface area contributed by atoms with Gasteiger partial charge in [0.1, 0.15) is 0 Å². The van der Waals surface area contributed by atoms with Crippen LogP contribution in [-0.4, -0.2) is 19.9 Å². The summed E-state index contributed by atoms with van der Waals surface area (Å²) in [5.74, 6) is 0. The van der Waals surface area contributed by atoms with Gasteiger partial charge in [0.25, 0.3) is 0 Å². The van der Waals surface area contributed by atoms with Gasteiger partial charge in [0.2, 0.25) is 0 Å². The summed E-state index contributed by atoms with van der Waals surface area (Å²) >= 11 is 0. The van der Waals surface area contributed by atoms with Crippen molar-refractivity contribution in [2.45, 2.75) is 78.1 Å². The Hall–Kier alpha value is -3.40. The topological polar surface area (TPSA) is 57.4 Å². The molecule has 3 aromatic rings. The molecule has 0 aliphatic carbocycles. The highest BCUT2D eigenvalue weighted by molar-refractivity contribution is 5.81. The summed E-state index contributed by atoms with van der Waals surface area (Å²) in [5, 5.41) is 0. The van der Waals surface area contributed by atoms with E-state index in [2.05, 4.69) is 84.5 Å². The maximum atomic E-state index is 5.22. The van der Waals surface area contributed by atoms with E-state index in [0.717, 1.165) is 52.2 Å². The standard InChI is InChI=1S/C32H38N4/c1-3-5-7-9-11-27-29-17-15-25(34-29)21-23-13-14-24(33-23)22-26-16-18-30(35-26)28(12-10-8-6-4-2)32-20-19-31(27)36-32/h13-22,33-34H,3-12H2,1-2H3. The van der Waals surface area contributed by atoms with Crippen LogP contribution < -0.4 is 0 Å². The molecule has 2 aliphatic rings. The Balaban J connectivity index is 1.70. The van der Waals surface area contributed by atoms with Crippen molar-refractivity contribution in [1.82, 2.24) is 19.9 Å². The molecule has 0 amide bonds. The van der Waals surface area contributed by atoms with Gasteiger partial charge in [0, 0.05) is 33.2 Å². The molecular formula is C32H38N4. The molecule has 0 spiro atoms. The van der Waals surface area contributed by atoms with Crippen molar-refractivity contribution in [1.29, 1.82) is 0 Å². The van der Waals surface area contributed by atoms with Crippen LogP contribution in [0.1, 0.15) is 99.1 Å². The third-order valence-corrected chi connectivity index (χ3v) is 7.17. The number of aromatic amines is 2. The van der Waals surface area contributed by atoms with Gasteiger partial charge in [0.05, 0.1) is 22.8 Å². The van der Waals surface area contributed by atoms with Gasteiger partial charge < -0.3 is 9.97 Å². The van der Waals surface area contributed by atoms with Crippen molar-refractivity contribution in [3.8, 4) is 0 Å². The Morgan fingerprint density at radius 3 is 1.89 bits per heavy atom. The Morgan fingerprint density at radius 2 is 1.14 bits per heavy atom. The number of fused-ring (bicyclic) bond motifs is 8.